The van der Waals surface area contributed by atoms with Crippen LogP contribution in [0.4, 0.5) is 5.69 Å². The van der Waals surface area contributed by atoms with Crippen LogP contribution in [-0.4, -0.2) is 22.5 Å². The Morgan fingerprint density at radius 3 is 2.92 bits per heavy atom. The van der Waals surface area contributed by atoms with Gasteiger partial charge in [-0.15, -0.1) is 11.3 Å². The SMILES string of the molecule is CCOC(=O)c1c(C)nc2nc3c(c(N)c2c1-c1cccs1)CCC3. The molecule has 0 saturated carbocycles. The number of hydrogen-bond donors (Lipinski definition) is 1. The molecule has 5 nitrogen and oxygen atoms in total. The van der Waals surface area contributed by atoms with Crippen molar-refractivity contribution in [1.82, 2.24) is 9.97 Å². The van der Waals surface area contributed by atoms with Crippen molar-refractivity contribution in [3.63, 3.8) is 0 Å². The molecular formula is C19H19N3O2S. The van der Waals surface area contributed by atoms with E-state index >= 15 is 0 Å². The van der Waals surface area contributed by atoms with Crippen LogP contribution in [0.5, 0.6) is 0 Å². The molecule has 0 unspecified atom stereocenters. The fourth-order valence-electron chi connectivity index (χ4n) is 3.56. The van der Waals surface area contributed by atoms with Gasteiger partial charge in [0.1, 0.15) is 0 Å². The van der Waals surface area contributed by atoms with E-state index in [1.54, 1.807) is 18.3 Å². The van der Waals surface area contributed by atoms with Crippen molar-refractivity contribution >= 4 is 34.0 Å². The van der Waals surface area contributed by atoms with Crippen molar-refractivity contribution < 1.29 is 9.53 Å². The third kappa shape index (κ3) is 2.48. The summed E-state index contributed by atoms with van der Waals surface area (Å²) in [5.74, 6) is -0.363. The third-order valence-corrected chi connectivity index (χ3v) is 5.52. The van der Waals surface area contributed by atoms with Crippen LogP contribution in [0, 0.1) is 6.92 Å². The molecule has 0 aliphatic heterocycles. The van der Waals surface area contributed by atoms with Gasteiger partial charge in [-0.1, -0.05) is 6.07 Å². The van der Waals surface area contributed by atoms with Gasteiger partial charge in [0.15, 0.2) is 5.65 Å². The summed E-state index contributed by atoms with van der Waals surface area (Å²) in [6.45, 7) is 3.95. The minimum atomic E-state index is -0.363. The number of ether oxygens (including phenoxy) is 1. The van der Waals surface area contributed by atoms with Crippen LogP contribution in [0.3, 0.4) is 0 Å². The minimum absolute atomic E-state index is 0.318. The predicted octanol–water partition coefficient (Wildman–Crippen LogP) is 3.91. The van der Waals surface area contributed by atoms with Gasteiger partial charge in [-0.05, 0) is 50.1 Å². The van der Waals surface area contributed by atoms with E-state index in [9.17, 15) is 4.79 Å². The molecule has 0 amide bonds. The van der Waals surface area contributed by atoms with Crippen molar-refractivity contribution in [3.8, 4) is 10.4 Å². The molecule has 25 heavy (non-hydrogen) atoms. The molecule has 2 N–H and O–H groups in total. The maximum Gasteiger partial charge on any atom is 0.340 e. The van der Waals surface area contributed by atoms with Crippen LogP contribution in [0.1, 0.15) is 40.7 Å². The number of anilines is 1. The molecule has 1 aliphatic rings. The number of fused-ring (bicyclic) bond motifs is 2. The van der Waals surface area contributed by atoms with Gasteiger partial charge in [0.25, 0.3) is 0 Å². The summed E-state index contributed by atoms with van der Waals surface area (Å²) in [5.41, 5.74) is 11.9. The summed E-state index contributed by atoms with van der Waals surface area (Å²) in [5, 5.41) is 2.76. The average molecular weight is 353 g/mol. The number of pyridine rings is 2. The second kappa shape index (κ2) is 6.11. The molecule has 128 valence electrons. The zero-order valence-electron chi connectivity index (χ0n) is 14.3. The van der Waals surface area contributed by atoms with E-state index in [-0.39, 0.29) is 5.97 Å². The Labute approximate surface area is 149 Å². The lowest BCUT2D eigenvalue weighted by Gasteiger charge is -2.16. The number of nitrogens with two attached hydrogens (primary N) is 1. The Morgan fingerprint density at radius 1 is 1.36 bits per heavy atom. The molecule has 0 radical (unpaired) electrons. The van der Waals surface area contributed by atoms with Crippen LogP contribution in [-0.2, 0) is 17.6 Å². The number of aryl methyl sites for hydroxylation is 2. The topological polar surface area (TPSA) is 78.1 Å². The number of thiophene rings is 1. The highest BCUT2D eigenvalue weighted by atomic mass is 32.1. The van der Waals surface area contributed by atoms with Crippen LogP contribution in [0.25, 0.3) is 21.5 Å². The third-order valence-electron chi connectivity index (χ3n) is 4.63. The van der Waals surface area contributed by atoms with Crippen molar-refractivity contribution in [2.75, 3.05) is 12.3 Å². The van der Waals surface area contributed by atoms with E-state index in [0.717, 1.165) is 46.3 Å². The van der Waals surface area contributed by atoms with E-state index in [2.05, 4.69) is 4.98 Å². The van der Waals surface area contributed by atoms with E-state index in [4.69, 9.17) is 15.5 Å². The smallest absolute Gasteiger partial charge is 0.340 e. The van der Waals surface area contributed by atoms with Gasteiger partial charge in [-0.3, -0.25) is 0 Å². The first-order valence-corrected chi connectivity index (χ1v) is 9.32. The summed E-state index contributed by atoms with van der Waals surface area (Å²) in [6.07, 6.45) is 2.92. The lowest BCUT2D eigenvalue weighted by atomic mass is 9.97. The Bertz CT molecular complexity index is 980. The molecule has 3 aromatic rings. The normalized spacial score (nSPS) is 13.2. The predicted molar refractivity (Wildman–Crippen MR) is 100.0 cm³/mol. The highest BCUT2D eigenvalue weighted by Crippen LogP contribution is 2.41. The van der Waals surface area contributed by atoms with Gasteiger partial charge in [0, 0.05) is 21.8 Å². The zero-order valence-corrected chi connectivity index (χ0v) is 15.1. The highest BCUT2D eigenvalue weighted by molar-refractivity contribution is 7.13. The number of esters is 1. The monoisotopic (exact) mass is 353 g/mol. The number of aromatic nitrogens is 2. The van der Waals surface area contributed by atoms with Crippen LogP contribution < -0.4 is 5.73 Å². The van der Waals surface area contributed by atoms with Gasteiger partial charge in [-0.25, -0.2) is 14.8 Å². The van der Waals surface area contributed by atoms with Crippen molar-refractivity contribution in [2.45, 2.75) is 33.1 Å². The Kier molecular flexibility index (Phi) is 3.92. The molecule has 0 bridgehead atoms. The summed E-state index contributed by atoms with van der Waals surface area (Å²) >= 11 is 1.57. The molecule has 3 heterocycles. The first-order valence-electron chi connectivity index (χ1n) is 8.44. The van der Waals surface area contributed by atoms with E-state index in [0.29, 0.717) is 29.2 Å². The molecule has 4 rings (SSSR count). The van der Waals surface area contributed by atoms with Crippen LogP contribution in [0.2, 0.25) is 0 Å². The lowest BCUT2D eigenvalue weighted by molar-refractivity contribution is 0.0526. The van der Waals surface area contributed by atoms with Crippen molar-refractivity contribution in [1.29, 1.82) is 0 Å². The second-order valence-electron chi connectivity index (χ2n) is 6.15. The lowest BCUT2D eigenvalue weighted by Crippen LogP contribution is -2.12. The first-order chi connectivity index (χ1) is 12.1. The number of hydrogen-bond acceptors (Lipinski definition) is 6. The largest absolute Gasteiger partial charge is 0.462 e. The average Bonchev–Trinajstić information content (AvgIpc) is 3.25. The summed E-state index contributed by atoms with van der Waals surface area (Å²) < 4.78 is 5.29. The molecule has 0 spiro atoms. The number of nitrogens with zero attached hydrogens (tertiary/aromatic N) is 2. The number of nitrogen functional groups attached to an aromatic ring is 1. The van der Waals surface area contributed by atoms with Gasteiger partial charge in [-0.2, -0.15) is 0 Å². The van der Waals surface area contributed by atoms with Gasteiger partial charge in [0.2, 0.25) is 0 Å². The van der Waals surface area contributed by atoms with Gasteiger partial charge < -0.3 is 10.5 Å². The molecule has 0 fully saturated rings. The molecular weight excluding hydrogens is 334 g/mol. The van der Waals surface area contributed by atoms with Crippen LogP contribution >= 0.6 is 11.3 Å². The molecule has 1 aliphatic carbocycles. The van der Waals surface area contributed by atoms with E-state index in [1.165, 1.54) is 0 Å². The maximum absolute atomic E-state index is 12.7. The molecule has 0 atom stereocenters. The fraction of sp³-hybridized carbons (Fsp3) is 0.316. The van der Waals surface area contributed by atoms with Gasteiger partial charge in [0.05, 0.1) is 23.3 Å². The summed E-state index contributed by atoms with van der Waals surface area (Å²) in [4.78, 5) is 23.0. The Hall–Kier alpha value is -2.47. The van der Waals surface area contributed by atoms with Crippen LogP contribution in [0.15, 0.2) is 17.5 Å². The molecule has 6 heteroatoms. The summed E-state index contributed by atoms with van der Waals surface area (Å²) in [7, 11) is 0. The molecule has 3 aromatic heterocycles. The number of rotatable bonds is 3. The quantitative estimate of drug-likeness (QED) is 0.722. The standard InChI is InChI=1S/C19H19N3O2S/c1-3-24-19(23)14-10(2)21-18-16(15(14)13-8-5-9-25-13)17(20)11-6-4-7-12(11)22-18/h5,8-9H,3-4,6-7H2,1-2H3,(H2,20,21,22). The number of carbonyl (C=O) groups is 1. The fourth-order valence-corrected chi connectivity index (χ4v) is 4.35. The van der Waals surface area contributed by atoms with E-state index < -0.39 is 0 Å². The Balaban J connectivity index is 2.13. The second-order valence-corrected chi connectivity index (χ2v) is 7.10. The maximum atomic E-state index is 12.7. The highest BCUT2D eigenvalue weighted by Gasteiger charge is 2.27. The summed E-state index contributed by atoms with van der Waals surface area (Å²) in [6, 6.07) is 3.96. The first kappa shape index (κ1) is 16.0. The Morgan fingerprint density at radius 2 is 2.20 bits per heavy atom. The molecule has 0 aromatic carbocycles. The van der Waals surface area contributed by atoms with Gasteiger partial charge >= 0.3 is 5.97 Å². The van der Waals surface area contributed by atoms with E-state index in [1.807, 2.05) is 24.4 Å². The number of carbonyl (C=O) groups excluding carboxylic acids is 1. The minimum Gasteiger partial charge on any atom is -0.462 e. The van der Waals surface area contributed by atoms with Crippen molar-refractivity contribution in [3.05, 3.63) is 40.0 Å². The zero-order chi connectivity index (χ0) is 17.6. The van der Waals surface area contributed by atoms with Crippen molar-refractivity contribution in [2.24, 2.45) is 0 Å². The molecule has 0 saturated heterocycles.